The maximum Gasteiger partial charge on any atom is 0.316 e. The fourth-order valence-electron chi connectivity index (χ4n) is 1.50. The average Bonchev–Trinajstić information content (AvgIpc) is 2.99. The lowest BCUT2D eigenvalue weighted by atomic mass is 10.3. The smallest absolute Gasteiger partial charge is 0.316 e. The fourth-order valence-corrected chi connectivity index (χ4v) is 2.97. The van der Waals surface area contributed by atoms with E-state index in [9.17, 15) is 9.59 Å². The Bertz CT molecular complexity index is 692. The third-order valence-electron chi connectivity index (χ3n) is 2.50. The van der Waals surface area contributed by atoms with E-state index in [1.807, 2.05) is 36.4 Å². The standard InChI is InChI=1S/C15H12N2O3S2/c16-8-11-6-7-21-15(11)17-13(18)9-20-14(19)10-22-12-4-2-1-3-5-12/h1-7H,9-10H2,(H,17,18). The molecule has 0 spiro atoms. The highest BCUT2D eigenvalue weighted by Gasteiger charge is 2.11. The molecule has 1 N–H and O–H groups in total. The highest BCUT2D eigenvalue weighted by atomic mass is 32.2. The third kappa shape index (κ3) is 4.91. The Kier molecular flexibility index (Phi) is 6.01. The van der Waals surface area contributed by atoms with Crippen molar-refractivity contribution < 1.29 is 14.3 Å². The summed E-state index contributed by atoms with van der Waals surface area (Å²) in [6, 6.07) is 13.0. The molecule has 22 heavy (non-hydrogen) atoms. The lowest BCUT2D eigenvalue weighted by Crippen LogP contribution is -2.21. The van der Waals surface area contributed by atoms with Gasteiger partial charge in [0.2, 0.25) is 0 Å². The molecule has 0 aliphatic heterocycles. The average molecular weight is 332 g/mol. The molecule has 0 saturated heterocycles. The number of rotatable bonds is 6. The van der Waals surface area contributed by atoms with Gasteiger partial charge in [-0.15, -0.1) is 23.1 Å². The monoisotopic (exact) mass is 332 g/mol. The van der Waals surface area contributed by atoms with Gasteiger partial charge in [0.05, 0.1) is 11.3 Å². The summed E-state index contributed by atoms with van der Waals surface area (Å²) in [6.07, 6.45) is 0. The van der Waals surface area contributed by atoms with Gasteiger partial charge >= 0.3 is 5.97 Å². The minimum Gasteiger partial charge on any atom is -0.455 e. The molecule has 1 heterocycles. The largest absolute Gasteiger partial charge is 0.455 e. The first kappa shape index (κ1) is 16.1. The first-order valence-corrected chi connectivity index (χ1v) is 8.16. The Morgan fingerprint density at radius 3 is 2.77 bits per heavy atom. The van der Waals surface area contributed by atoms with Gasteiger partial charge in [0, 0.05) is 4.90 Å². The molecule has 5 nitrogen and oxygen atoms in total. The summed E-state index contributed by atoms with van der Waals surface area (Å²) in [5.74, 6) is -0.785. The van der Waals surface area contributed by atoms with E-state index in [2.05, 4.69) is 5.32 Å². The van der Waals surface area contributed by atoms with Gasteiger partial charge in [-0.1, -0.05) is 18.2 Å². The molecule has 1 amide bonds. The molecular weight excluding hydrogens is 320 g/mol. The van der Waals surface area contributed by atoms with Gasteiger partial charge in [-0.05, 0) is 23.6 Å². The molecule has 112 valence electrons. The number of nitriles is 1. The number of hydrogen-bond acceptors (Lipinski definition) is 6. The third-order valence-corrected chi connectivity index (χ3v) is 4.32. The molecule has 0 bridgehead atoms. The Labute approximate surface area is 135 Å². The van der Waals surface area contributed by atoms with Crippen molar-refractivity contribution in [2.24, 2.45) is 0 Å². The maximum atomic E-state index is 11.7. The van der Waals surface area contributed by atoms with Gasteiger partial charge in [0.25, 0.3) is 5.91 Å². The van der Waals surface area contributed by atoms with E-state index in [1.54, 1.807) is 11.4 Å². The van der Waals surface area contributed by atoms with E-state index in [-0.39, 0.29) is 12.4 Å². The summed E-state index contributed by atoms with van der Waals surface area (Å²) in [6.45, 7) is -0.364. The van der Waals surface area contributed by atoms with Crippen molar-refractivity contribution >= 4 is 40.0 Å². The van der Waals surface area contributed by atoms with Gasteiger partial charge in [-0.2, -0.15) is 5.26 Å². The molecule has 1 aromatic carbocycles. The maximum absolute atomic E-state index is 11.7. The van der Waals surface area contributed by atoms with Crippen LogP contribution in [0.1, 0.15) is 5.56 Å². The summed E-state index contributed by atoms with van der Waals surface area (Å²) in [5.41, 5.74) is 0.393. The number of anilines is 1. The molecule has 2 rings (SSSR count). The van der Waals surface area contributed by atoms with E-state index in [1.165, 1.54) is 23.1 Å². The van der Waals surface area contributed by atoms with Crippen molar-refractivity contribution in [3.63, 3.8) is 0 Å². The van der Waals surface area contributed by atoms with Crippen LogP contribution in [0.4, 0.5) is 5.00 Å². The number of carbonyl (C=O) groups excluding carboxylic acids is 2. The first-order chi connectivity index (χ1) is 10.7. The van der Waals surface area contributed by atoms with Crippen molar-refractivity contribution in [1.82, 2.24) is 0 Å². The Morgan fingerprint density at radius 2 is 2.05 bits per heavy atom. The number of thioether (sulfide) groups is 1. The molecule has 0 aliphatic rings. The first-order valence-electron chi connectivity index (χ1n) is 6.30. The number of hydrogen-bond donors (Lipinski definition) is 1. The number of esters is 1. The van der Waals surface area contributed by atoms with E-state index in [4.69, 9.17) is 10.00 Å². The normalized spacial score (nSPS) is 9.77. The molecule has 0 atom stereocenters. The number of ether oxygens (including phenoxy) is 1. The van der Waals surface area contributed by atoms with Crippen LogP contribution >= 0.6 is 23.1 Å². The Morgan fingerprint density at radius 1 is 1.27 bits per heavy atom. The number of benzene rings is 1. The lowest BCUT2D eigenvalue weighted by Gasteiger charge is -2.05. The predicted octanol–water partition coefficient (Wildman–Crippen LogP) is 2.89. The summed E-state index contributed by atoms with van der Waals surface area (Å²) in [5, 5.41) is 13.5. The van der Waals surface area contributed by atoms with E-state index in [0.29, 0.717) is 10.6 Å². The number of amides is 1. The second-order valence-corrected chi connectivity index (χ2v) is 6.05. The molecule has 0 unspecified atom stereocenters. The number of nitrogens with zero attached hydrogens (tertiary/aromatic N) is 1. The molecule has 2 aromatic rings. The van der Waals surface area contributed by atoms with Crippen LogP contribution in [0.3, 0.4) is 0 Å². The van der Waals surface area contributed by atoms with Crippen LogP contribution in [0, 0.1) is 11.3 Å². The second-order valence-electron chi connectivity index (χ2n) is 4.09. The molecule has 0 aliphatic carbocycles. The Balaban J connectivity index is 1.72. The zero-order chi connectivity index (χ0) is 15.8. The van der Waals surface area contributed by atoms with Crippen LogP contribution in [0.25, 0.3) is 0 Å². The van der Waals surface area contributed by atoms with Gasteiger partial charge < -0.3 is 10.1 Å². The fraction of sp³-hybridized carbons (Fsp3) is 0.133. The zero-order valence-electron chi connectivity index (χ0n) is 11.4. The van der Waals surface area contributed by atoms with E-state index < -0.39 is 11.9 Å². The van der Waals surface area contributed by atoms with Crippen LogP contribution < -0.4 is 5.32 Å². The van der Waals surface area contributed by atoms with Crippen LogP contribution in [0.15, 0.2) is 46.7 Å². The van der Waals surface area contributed by atoms with E-state index in [0.717, 1.165) is 4.90 Å². The molecule has 0 fully saturated rings. The minimum atomic E-state index is -0.462. The molecular formula is C15H12N2O3S2. The van der Waals surface area contributed by atoms with Gasteiger partial charge in [0.1, 0.15) is 11.1 Å². The second kappa shape index (κ2) is 8.22. The summed E-state index contributed by atoms with van der Waals surface area (Å²) < 4.78 is 4.90. The summed E-state index contributed by atoms with van der Waals surface area (Å²) >= 11 is 2.59. The minimum absolute atomic E-state index is 0.139. The SMILES string of the molecule is N#Cc1ccsc1NC(=O)COC(=O)CSc1ccccc1. The van der Waals surface area contributed by atoms with Crippen LogP contribution in [-0.4, -0.2) is 24.2 Å². The predicted molar refractivity (Wildman–Crippen MR) is 85.8 cm³/mol. The number of thiophene rings is 1. The highest BCUT2D eigenvalue weighted by molar-refractivity contribution is 8.00. The quantitative estimate of drug-likeness (QED) is 0.650. The van der Waals surface area contributed by atoms with Crippen molar-refractivity contribution in [3.8, 4) is 6.07 Å². The van der Waals surface area contributed by atoms with Gasteiger partial charge in [-0.25, -0.2) is 0 Å². The van der Waals surface area contributed by atoms with Crippen LogP contribution in [0.5, 0.6) is 0 Å². The van der Waals surface area contributed by atoms with Crippen molar-refractivity contribution in [2.75, 3.05) is 17.7 Å². The highest BCUT2D eigenvalue weighted by Crippen LogP contribution is 2.22. The Hall–Kier alpha value is -2.30. The van der Waals surface area contributed by atoms with Gasteiger partial charge in [0.15, 0.2) is 6.61 Å². The molecule has 7 heteroatoms. The molecule has 0 radical (unpaired) electrons. The zero-order valence-corrected chi connectivity index (χ0v) is 13.1. The molecule has 1 aromatic heterocycles. The molecule has 0 saturated carbocycles. The van der Waals surface area contributed by atoms with Crippen molar-refractivity contribution in [2.45, 2.75) is 4.90 Å². The van der Waals surface area contributed by atoms with E-state index >= 15 is 0 Å². The summed E-state index contributed by atoms with van der Waals surface area (Å²) in [4.78, 5) is 24.2. The van der Waals surface area contributed by atoms with Crippen molar-refractivity contribution in [3.05, 3.63) is 47.3 Å². The summed E-state index contributed by atoms with van der Waals surface area (Å²) in [7, 11) is 0. The number of nitrogens with one attached hydrogen (secondary N) is 1. The van der Waals surface area contributed by atoms with Crippen LogP contribution in [0.2, 0.25) is 0 Å². The lowest BCUT2D eigenvalue weighted by molar-refractivity contribution is -0.144. The number of carbonyl (C=O) groups is 2. The van der Waals surface area contributed by atoms with Gasteiger partial charge in [-0.3, -0.25) is 9.59 Å². The van der Waals surface area contributed by atoms with Crippen LogP contribution in [-0.2, 0) is 14.3 Å². The van der Waals surface area contributed by atoms with Crippen molar-refractivity contribution in [1.29, 1.82) is 5.26 Å². The topological polar surface area (TPSA) is 79.2 Å².